The van der Waals surface area contributed by atoms with E-state index in [9.17, 15) is 9.59 Å². The third-order valence-electron chi connectivity index (χ3n) is 6.91. The molecule has 0 spiro atoms. The molecule has 0 saturated carbocycles. The minimum atomic E-state index is -0.758. The van der Waals surface area contributed by atoms with Gasteiger partial charge in [0.05, 0.1) is 12.1 Å². The number of hydrogen-bond donors (Lipinski definition) is 6. The number of nitrogens with two attached hydrogens (primary N) is 1. The lowest BCUT2D eigenvalue weighted by atomic mass is 10.1. The fourth-order valence-corrected chi connectivity index (χ4v) is 4.46. The highest BCUT2D eigenvalue weighted by atomic mass is 16.4. The van der Waals surface area contributed by atoms with Crippen LogP contribution in [0.2, 0.25) is 0 Å². The summed E-state index contributed by atoms with van der Waals surface area (Å²) in [5, 5.41) is 38.3. The van der Waals surface area contributed by atoms with E-state index in [1.807, 2.05) is 52.0 Å². The summed E-state index contributed by atoms with van der Waals surface area (Å²) in [5.41, 5.74) is 8.94. The molecule has 0 radical (unpaired) electrons. The minimum Gasteiger partial charge on any atom is -0.481 e. The molecule has 0 amide bonds. The molecule has 0 unspecified atom stereocenters. The Labute approximate surface area is 279 Å². The number of aliphatic hydroxyl groups excluding tert-OH is 2. The SMILES string of the molecule is CC(C)CC(=O)O.CC(C)CO.Nc1ncnc2ccccc12.O=C(O)CCCN(CCO)CCCCc1ccc2c(n1)NCCC2. The third kappa shape index (κ3) is 19.4. The van der Waals surface area contributed by atoms with Gasteiger partial charge in [-0.15, -0.1) is 0 Å². The number of anilines is 2. The van der Waals surface area contributed by atoms with Gasteiger partial charge in [0.15, 0.2) is 0 Å². The van der Waals surface area contributed by atoms with Crippen LogP contribution in [0.5, 0.6) is 0 Å². The Morgan fingerprint density at radius 1 is 0.915 bits per heavy atom. The van der Waals surface area contributed by atoms with Crippen molar-refractivity contribution in [1.82, 2.24) is 19.9 Å². The maximum absolute atomic E-state index is 10.6. The molecule has 12 nitrogen and oxygen atoms in total. The largest absolute Gasteiger partial charge is 0.481 e. The van der Waals surface area contributed by atoms with E-state index < -0.39 is 11.9 Å². The monoisotopic (exact) mass is 656 g/mol. The molecule has 0 aliphatic carbocycles. The second kappa shape index (κ2) is 24.3. The van der Waals surface area contributed by atoms with Crippen molar-refractivity contribution in [1.29, 1.82) is 0 Å². The van der Waals surface area contributed by atoms with Gasteiger partial charge in [0.2, 0.25) is 0 Å². The number of pyridine rings is 1. The number of unbranched alkanes of at least 4 members (excludes halogenated alkanes) is 1. The molecule has 1 aromatic carbocycles. The molecule has 0 bridgehead atoms. The number of nitrogen functional groups attached to an aromatic ring is 1. The molecule has 7 N–H and O–H groups in total. The molecule has 0 saturated heterocycles. The lowest BCUT2D eigenvalue weighted by Crippen LogP contribution is -2.29. The molecule has 2 aromatic heterocycles. The second-order valence-corrected chi connectivity index (χ2v) is 12.2. The molecule has 262 valence electrons. The van der Waals surface area contributed by atoms with Crippen molar-refractivity contribution in [3.8, 4) is 0 Å². The minimum absolute atomic E-state index is 0.116. The standard InChI is InChI=1S/C18H29N3O3.C8H7N3.C5H10O2.C4H10O/c22-14-13-21(12-4-7-17(23)24)11-2-1-6-16-9-8-15-5-3-10-19-18(15)20-16;9-8-6-3-1-2-4-7(6)10-5-11-8;1-4(2)3-5(6)7;1-4(2)3-5/h8-9,22H,1-7,10-14H2,(H,19,20)(H,23,24);1-5H,(H2,9,10,11);4H,3H2,1-2H3,(H,6,7);4-5H,3H2,1-2H3. The van der Waals surface area contributed by atoms with Gasteiger partial charge in [-0.05, 0) is 87.2 Å². The fraction of sp³-hybridized carbons (Fsp3) is 0.571. The predicted molar refractivity (Wildman–Crippen MR) is 187 cm³/mol. The summed E-state index contributed by atoms with van der Waals surface area (Å²) < 4.78 is 0. The zero-order chi connectivity index (χ0) is 35.0. The predicted octanol–water partition coefficient (Wildman–Crippen LogP) is 4.89. The van der Waals surface area contributed by atoms with Gasteiger partial charge in [0.1, 0.15) is 18.0 Å². The molecule has 3 aromatic rings. The Morgan fingerprint density at radius 2 is 1.62 bits per heavy atom. The summed E-state index contributed by atoms with van der Waals surface area (Å²) in [5.74, 6) is 0.832. The average Bonchev–Trinajstić information content (AvgIpc) is 3.03. The van der Waals surface area contributed by atoms with E-state index in [2.05, 4.69) is 32.3 Å². The molecule has 12 heteroatoms. The van der Waals surface area contributed by atoms with Gasteiger partial charge in [-0.3, -0.25) is 9.59 Å². The number of rotatable bonds is 14. The van der Waals surface area contributed by atoms with E-state index in [4.69, 9.17) is 31.1 Å². The van der Waals surface area contributed by atoms with Crippen molar-refractivity contribution in [3.05, 3.63) is 54.0 Å². The van der Waals surface area contributed by atoms with E-state index in [1.165, 1.54) is 18.3 Å². The van der Waals surface area contributed by atoms with Crippen molar-refractivity contribution < 1.29 is 30.0 Å². The van der Waals surface area contributed by atoms with Crippen LogP contribution in [0.15, 0.2) is 42.7 Å². The van der Waals surface area contributed by atoms with Gasteiger partial charge < -0.3 is 36.4 Å². The first-order valence-corrected chi connectivity index (χ1v) is 16.5. The number of carbonyl (C=O) groups is 2. The highest BCUT2D eigenvalue weighted by Crippen LogP contribution is 2.20. The van der Waals surface area contributed by atoms with Crippen molar-refractivity contribution in [2.75, 3.05) is 50.4 Å². The number of nitrogens with zero attached hydrogens (tertiary/aromatic N) is 4. The zero-order valence-electron chi connectivity index (χ0n) is 28.6. The van der Waals surface area contributed by atoms with E-state index >= 15 is 0 Å². The molecule has 0 atom stereocenters. The summed E-state index contributed by atoms with van der Waals surface area (Å²) in [4.78, 5) is 35.2. The van der Waals surface area contributed by atoms with E-state index in [0.29, 0.717) is 31.3 Å². The van der Waals surface area contributed by atoms with Gasteiger partial charge in [0.25, 0.3) is 0 Å². The van der Waals surface area contributed by atoms with E-state index in [0.717, 1.165) is 67.7 Å². The number of hydrogen-bond acceptors (Lipinski definition) is 10. The third-order valence-corrected chi connectivity index (χ3v) is 6.91. The number of benzene rings is 1. The number of nitrogens with one attached hydrogen (secondary N) is 1. The lowest BCUT2D eigenvalue weighted by Gasteiger charge is -2.21. The van der Waals surface area contributed by atoms with Crippen LogP contribution in [0, 0.1) is 11.8 Å². The van der Waals surface area contributed by atoms with Crippen LogP contribution >= 0.6 is 0 Å². The molecule has 4 rings (SSSR count). The zero-order valence-corrected chi connectivity index (χ0v) is 28.6. The van der Waals surface area contributed by atoms with Gasteiger partial charge in [-0.2, -0.15) is 0 Å². The molecule has 0 fully saturated rings. The number of aryl methyl sites for hydroxylation is 2. The second-order valence-electron chi connectivity index (χ2n) is 12.2. The quantitative estimate of drug-likeness (QED) is 0.129. The highest BCUT2D eigenvalue weighted by molar-refractivity contribution is 5.87. The Bertz CT molecular complexity index is 1300. The topological polar surface area (TPSA) is 195 Å². The fourth-order valence-electron chi connectivity index (χ4n) is 4.46. The van der Waals surface area contributed by atoms with Crippen LogP contribution in [0.3, 0.4) is 0 Å². The van der Waals surface area contributed by atoms with Gasteiger partial charge in [0, 0.05) is 43.6 Å². The van der Waals surface area contributed by atoms with E-state index in [1.54, 1.807) is 0 Å². The van der Waals surface area contributed by atoms with Gasteiger partial charge >= 0.3 is 11.9 Å². The normalized spacial score (nSPS) is 11.8. The average molecular weight is 657 g/mol. The first-order valence-electron chi connectivity index (χ1n) is 16.5. The molecule has 1 aliphatic rings. The Hall–Kier alpha value is -3.87. The molecular formula is C35H56N6O6. The lowest BCUT2D eigenvalue weighted by molar-refractivity contribution is -0.138. The summed E-state index contributed by atoms with van der Waals surface area (Å²) in [6.07, 6.45) is 7.89. The van der Waals surface area contributed by atoms with Crippen molar-refractivity contribution in [2.45, 2.75) is 79.1 Å². The van der Waals surface area contributed by atoms with Crippen molar-refractivity contribution >= 4 is 34.5 Å². The summed E-state index contributed by atoms with van der Waals surface area (Å²) >= 11 is 0. The number of carboxylic acid groups (broad SMARTS) is 2. The number of aliphatic carboxylic acids is 2. The number of para-hydroxylation sites is 1. The number of carboxylic acids is 2. The first-order chi connectivity index (χ1) is 22.5. The molecule has 3 heterocycles. The van der Waals surface area contributed by atoms with Crippen LogP contribution in [0.1, 0.15) is 77.5 Å². The molecule has 1 aliphatic heterocycles. The Morgan fingerprint density at radius 3 is 2.21 bits per heavy atom. The Balaban J connectivity index is 0.000000391. The summed E-state index contributed by atoms with van der Waals surface area (Å²) in [7, 11) is 0. The van der Waals surface area contributed by atoms with Crippen LogP contribution in [-0.2, 0) is 22.4 Å². The Kier molecular flexibility index (Phi) is 21.3. The highest BCUT2D eigenvalue weighted by Gasteiger charge is 2.11. The van der Waals surface area contributed by atoms with E-state index in [-0.39, 0.29) is 25.4 Å². The molecule has 47 heavy (non-hydrogen) atoms. The van der Waals surface area contributed by atoms with Crippen LogP contribution in [0.4, 0.5) is 11.6 Å². The van der Waals surface area contributed by atoms with Crippen LogP contribution < -0.4 is 11.1 Å². The van der Waals surface area contributed by atoms with Crippen LogP contribution in [0.25, 0.3) is 10.9 Å². The summed E-state index contributed by atoms with van der Waals surface area (Å²) in [6.45, 7) is 11.4. The van der Waals surface area contributed by atoms with Crippen molar-refractivity contribution in [3.63, 3.8) is 0 Å². The number of aromatic nitrogens is 3. The maximum atomic E-state index is 10.6. The summed E-state index contributed by atoms with van der Waals surface area (Å²) in [6, 6.07) is 12.0. The molecular weight excluding hydrogens is 600 g/mol. The van der Waals surface area contributed by atoms with Gasteiger partial charge in [-0.25, -0.2) is 15.0 Å². The van der Waals surface area contributed by atoms with Gasteiger partial charge in [-0.1, -0.05) is 45.9 Å². The number of aliphatic hydroxyl groups is 2. The first kappa shape index (κ1) is 41.2. The number of fused-ring (bicyclic) bond motifs is 2. The van der Waals surface area contributed by atoms with Crippen LogP contribution in [-0.4, -0.2) is 91.6 Å². The maximum Gasteiger partial charge on any atom is 0.303 e. The van der Waals surface area contributed by atoms with Crippen molar-refractivity contribution in [2.24, 2.45) is 11.8 Å². The smallest absolute Gasteiger partial charge is 0.303 e.